The standard InChI is InChI=1S/C12H7Cl2N3/c13-8-2-3-9-10(5-8)17-12(16-9)7-1-4-11(14)15-6-7/h1-6H,(H,16,17). The molecule has 5 heteroatoms. The summed E-state index contributed by atoms with van der Waals surface area (Å²) < 4.78 is 0. The van der Waals surface area contributed by atoms with Crippen LogP contribution in [0.5, 0.6) is 0 Å². The molecule has 1 aromatic carbocycles. The number of nitrogens with one attached hydrogen (secondary N) is 1. The second-order valence-electron chi connectivity index (χ2n) is 3.62. The Morgan fingerprint density at radius 3 is 2.71 bits per heavy atom. The lowest BCUT2D eigenvalue weighted by molar-refractivity contribution is 1.27. The Labute approximate surface area is 107 Å². The first kappa shape index (κ1) is 10.6. The fourth-order valence-electron chi connectivity index (χ4n) is 1.63. The smallest absolute Gasteiger partial charge is 0.140 e. The largest absolute Gasteiger partial charge is 0.338 e. The molecule has 0 bridgehead atoms. The van der Waals surface area contributed by atoms with E-state index in [1.165, 1.54) is 0 Å². The third-order valence-electron chi connectivity index (χ3n) is 2.45. The molecule has 0 atom stereocenters. The molecule has 0 aliphatic rings. The Balaban J connectivity index is 2.14. The summed E-state index contributed by atoms with van der Waals surface area (Å²) in [7, 11) is 0. The first-order valence-electron chi connectivity index (χ1n) is 4.99. The first-order valence-corrected chi connectivity index (χ1v) is 5.75. The minimum absolute atomic E-state index is 0.466. The van der Waals surface area contributed by atoms with Crippen LogP contribution in [-0.4, -0.2) is 15.0 Å². The molecular weight excluding hydrogens is 257 g/mol. The minimum atomic E-state index is 0.466. The molecule has 17 heavy (non-hydrogen) atoms. The normalized spacial score (nSPS) is 10.9. The quantitative estimate of drug-likeness (QED) is 0.676. The number of pyridine rings is 1. The summed E-state index contributed by atoms with van der Waals surface area (Å²) in [5.41, 5.74) is 2.67. The van der Waals surface area contributed by atoms with E-state index in [0.29, 0.717) is 10.2 Å². The highest BCUT2D eigenvalue weighted by molar-refractivity contribution is 6.31. The summed E-state index contributed by atoms with van der Waals surface area (Å²) in [5, 5.41) is 1.14. The van der Waals surface area contributed by atoms with E-state index in [2.05, 4.69) is 15.0 Å². The van der Waals surface area contributed by atoms with Crippen molar-refractivity contribution in [2.45, 2.75) is 0 Å². The molecule has 3 aromatic rings. The van der Waals surface area contributed by atoms with Crippen LogP contribution in [0, 0.1) is 0 Å². The molecule has 2 aromatic heterocycles. The molecule has 0 amide bonds. The van der Waals surface area contributed by atoms with Crippen LogP contribution < -0.4 is 0 Å². The topological polar surface area (TPSA) is 41.6 Å². The van der Waals surface area contributed by atoms with E-state index in [1.54, 1.807) is 12.3 Å². The van der Waals surface area contributed by atoms with Gasteiger partial charge in [0.1, 0.15) is 11.0 Å². The summed E-state index contributed by atoms with van der Waals surface area (Å²) in [6.45, 7) is 0. The Morgan fingerprint density at radius 1 is 1.06 bits per heavy atom. The van der Waals surface area contributed by atoms with E-state index >= 15 is 0 Å². The van der Waals surface area contributed by atoms with Gasteiger partial charge in [0.2, 0.25) is 0 Å². The summed E-state index contributed by atoms with van der Waals surface area (Å²) >= 11 is 11.7. The SMILES string of the molecule is Clc1ccc2[nH]c(-c3ccc(Cl)nc3)nc2c1. The zero-order valence-electron chi connectivity index (χ0n) is 8.61. The van der Waals surface area contributed by atoms with Crippen LogP contribution >= 0.6 is 23.2 Å². The van der Waals surface area contributed by atoms with Gasteiger partial charge in [0, 0.05) is 16.8 Å². The maximum absolute atomic E-state index is 5.91. The van der Waals surface area contributed by atoms with Crippen LogP contribution in [0.4, 0.5) is 0 Å². The molecule has 0 spiro atoms. The Hall–Kier alpha value is -1.58. The summed E-state index contributed by atoms with van der Waals surface area (Å²) in [4.78, 5) is 11.7. The highest BCUT2D eigenvalue weighted by atomic mass is 35.5. The summed E-state index contributed by atoms with van der Waals surface area (Å²) in [6.07, 6.45) is 1.68. The van der Waals surface area contributed by atoms with Crippen molar-refractivity contribution in [2.24, 2.45) is 0 Å². The zero-order valence-corrected chi connectivity index (χ0v) is 10.1. The Bertz CT molecular complexity index is 674. The predicted octanol–water partition coefficient (Wildman–Crippen LogP) is 3.93. The molecule has 84 valence electrons. The van der Waals surface area contributed by atoms with Gasteiger partial charge in [0.25, 0.3) is 0 Å². The van der Waals surface area contributed by atoms with Crippen LogP contribution in [0.25, 0.3) is 22.4 Å². The molecule has 0 aliphatic carbocycles. The number of hydrogen-bond acceptors (Lipinski definition) is 2. The van der Waals surface area contributed by atoms with Crippen LogP contribution in [0.3, 0.4) is 0 Å². The number of aromatic nitrogens is 3. The van der Waals surface area contributed by atoms with E-state index in [1.807, 2.05) is 24.3 Å². The number of benzene rings is 1. The van der Waals surface area contributed by atoms with Gasteiger partial charge in [-0.1, -0.05) is 23.2 Å². The molecule has 0 saturated heterocycles. The van der Waals surface area contributed by atoms with Crippen LogP contribution in [0.15, 0.2) is 36.5 Å². The average Bonchev–Trinajstić information content (AvgIpc) is 2.72. The number of nitrogens with zero attached hydrogens (tertiary/aromatic N) is 2. The highest BCUT2D eigenvalue weighted by Gasteiger charge is 2.05. The molecule has 1 N–H and O–H groups in total. The molecule has 3 nitrogen and oxygen atoms in total. The van der Waals surface area contributed by atoms with Gasteiger partial charge >= 0.3 is 0 Å². The van der Waals surface area contributed by atoms with Crippen molar-refractivity contribution in [3.05, 3.63) is 46.7 Å². The summed E-state index contributed by atoms with van der Waals surface area (Å²) in [5.74, 6) is 0.756. The van der Waals surface area contributed by atoms with Gasteiger partial charge < -0.3 is 4.98 Å². The monoisotopic (exact) mass is 263 g/mol. The Kier molecular flexibility index (Phi) is 2.50. The molecule has 2 heterocycles. The van der Waals surface area contributed by atoms with Crippen molar-refractivity contribution in [1.29, 1.82) is 0 Å². The van der Waals surface area contributed by atoms with Crippen LogP contribution in [-0.2, 0) is 0 Å². The van der Waals surface area contributed by atoms with Gasteiger partial charge in [-0.25, -0.2) is 9.97 Å². The van der Waals surface area contributed by atoms with Gasteiger partial charge in [0.05, 0.1) is 11.0 Å². The van der Waals surface area contributed by atoms with Crippen molar-refractivity contribution in [3.8, 4) is 11.4 Å². The highest BCUT2D eigenvalue weighted by Crippen LogP contribution is 2.22. The lowest BCUT2D eigenvalue weighted by Crippen LogP contribution is -1.81. The minimum Gasteiger partial charge on any atom is -0.338 e. The maximum Gasteiger partial charge on any atom is 0.140 e. The number of imidazole rings is 1. The van der Waals surface area contributed by atoms with Gasteiger partial charge in [-0.2, -0.15) is 0 Å². The first-order chi connectivity index (χ1) is 8.22. The lowest BCUT2D eigenvalue weighted by Gasteiger charge is -1.94. The number of fused-ring (bicyclic) bond motifs is 1. The molecular formula is C12H7Cl2N3. The fraction of sp³-hybridized carbons (Fsp3) is 0. The molecule has 0 saturated carbocycles. The summed E-state index contributed by atoms with van der Waals surface area (Å²) in [6, 6.07) is 9.15. The maximum atomic E-state index is 5.91. The molecule has 0 aliphatic heterocycles. The second kappa shape index (κ2) is 4.02. The van der Waals surface area contributed by atoms with Crippen molar-refractivity contribution in [3.63, 3.8) is 0 Å². The molecule has 3 rings (SSSR count). The van der Waals surface area contributed by atoms with Gasteiger partial charge in [-0.15, -0.1) is 0 Å². The molecule has 0 unspecified atom stereocenters. The van der Waals surface area contributed by atoms with Crippen LogP contribution in [0.1, 0.15) is 0 Å². The number of halogens is 2. The van der Waals surface area contributed by atoms with E-state index in [0.717, 1.165) is 22.4 Å². The van der Waals surface area contributed by atoms with E-state index in [4.69, 9.17) is 23.2 Å². The number of H-pyrrole nitrogens is 1. The van der Waals surface area contributed by atoms with Gasteiger partial charge in [-0.05, 0) is 30.3 Å². The predicted molar refractivity (Wildman–Crippen MR) is 69.3 cm³/mol. The van der Waals surface area contributed by atoms with Crippen molar-refractivity contribution < 1.29 is 0 Å². The van der Waals surface area contributed by atoms with Crippen molar-refractivity contribution in [2.75, 3.05) is 0 Å². The van der Waals surface area contributed by atoms with Crippen molar-refractivity contribution in [1.82, 2.24) is 15.0 Å². The number of hydrogen-bond donors (Lipinski definition) is 1. The molecule has 0 fully saturated rings. The second-order valence-corrected chi connectivity index (χ2v) is 4.44. The van der Waals surface area contributed by atoms with Crippen LogP contribution in [0.2, 0.25) is 10.2 Å². The van der Waals surface area contributed by atoms with E-state index in [9.17, 15) is 0 Å². The van der Waals surface area contributed by atoms with E-state index in [-0.39, 0.29) is 0 Å². The molecule has 0 radical (unpaired) electrons. The van der Waals surface area contributed by atoms with Gasteiger partial charge in [0.15, 0.2) is 0 Å². The number of aromatic amines is 1. The third-order valence-corrected chi connectivity index (χ3v) is 2.90. The third kappa shape index (κ3) is 1.99. The van der Waals surface area contributed by atoms with Gasteiger partial charge in [-0.3, -0.25) is 0 Å². The zero-order chi connectivity index (χ0) is 11.8. The fourth-order valence-corrected chi connectivity index (χ4v) is 1.91. The average molecular weight is 264 g/mol. The lowest BCUT2D eigenvalue weighted by atomic mass is 10.3. The van der Waals surface area contributed by atoms with Crippen molar-refractivity contribution >= 4 is 34.2 Å². The van der Waals surface area contributed by atoms with E-state index < -0.39 is 0 Å². The Morgan fingerprint density at radius 2 is 1.94 bits per heavy atom. The number of rotatable bonds is 1.